The van der Waals surface area contributed by atoms with Crippen LogP contribution in [0, 0.1) is 11.3 Å². The summed E-state index contributed by atoms with van der Waals surface area (Å²) in [5, 5.41) is 12.0. The van der Waals surface area contributed by atoms with Crippen molar-refractivity contribution in [2.75, 3.05) is 19.0 Å². The Morgan fingerprint density at radius 2 is 1.62 bits per heavy atom. The van der Waals surface area contributed by atoms with Gasteiger partial charge in [0.2, 0.25) is 0 Å². The van der Waals surface area contributed by atoms with E-state index in [-0.39, 0.29) is 5.57 Å². The smallest absolute Gasteiger partial charge is 0.337 e. The van der Waals surface area contributed by atoms with Gasteiger partial charge in [0.25, 0.3) is 5.91 Å². The van der Waals surface area contributed by atoms with E-state index in [2.05, 4.69) is 17.0 Å². The van der Waals surface area contributed by atoms with E-state index in [4.69, 9.17) is 4.74 Å². The number of ether oxygens (including phenoxy) is 2. The minimum Gasteiger partial charge on any atom is -0.494 e. The number of nitrogens with one attached hydrogen (secondary N) is 1. The average Bonchev–Trinajstić information content (AvgIpc) is 2.82. The van der Waals surface area contributed by atoms with Crippen LogP contribution in [0.15, 0.2) is 54.1 Å². The molecule has 6 nitrogen and oxygen atoms in total. The molecular formula is C26H30N2O4. The molecule has 0 unspecified atom stereocenters. The molecule has 0 saturated heterocycles. The van der Waals surface area contributed by atoms with Gasteiger partial charge < -0.3 is 14.8 Å². The Morgan fingerprint density at radius 1 is 0.969 bits per heavy atom. The van der Waals surface area contributed by atoms with Crippen molar-refractivity contribution in [1.82, 2.24) is 0 Å². The van der Waals surface area contributed by atoms with Crippen molar-refractivity contribution in [2.45, 2.75) is 45.4 Å². The van der Waals surface area contributed by atoms with Crippen LogP contribution in [-0.4, -0.2) is 25.6 Å². The lowest BCUT2D eigenvalue weighted by Crippen LogP contribution is -2.13. The SMILES string of the molecule is CCCCCCCCOc1ccc(C=C(C#N)C(=O)Nc2ccc(C(=O)OC)cc2)cc1. The van der Waals surface area contributed by atoms with E-state index in [1.165, 1.54) is 45.3 Å². The number of hydrogen-bond acceptors (Lipinski definition) is 5. The molecule has 32 heavy (non-hydrogen) atoms. The number of anilines is 1. The summed E-state index contributed by atoms with van der Waals surface area (Å²) in [6.07, 6.45) is 8.80. The van der Waals surface area contributed by atoms with Gasteiger partial charge in [0.15, 0.2) is 0 Å². The van der Waals surface area contributed by atoms with Gasteiger partial charge in [-0.25, -0.2) is 4.79 Å². The second kappa shape index (κ2) is 13.7. The summed E-state index contributed by atoms with van der Waals surface area (Å²) in [5.74, 6) is -0.217. The van der Waals surface area contributed by atoms with Crippen molar-refractivity contribution in [3.05, 3.63) is 65.2 Å². The van der Waals surface area contributed by atoms with Gasteiger partial charge in [0, 0.05) is 5.69 Å². The maximum absolute atomic E-state index is 12.4. The first-order valence-corrected chi connectivity index (χ1v) is 10.9. The number of benzene rings is 2. The minimum absolute atomic E-state index is 0.0252. The molecule has 2 aromatic rings. The van der Waals surface area contributed by atoms with Gasteiger partial charge in [-0.2, -0.15) is 5.26 Å². The highest BCUT2D eigenvalue weighted by Gasteiger charge is 2.11. The molecule has 0 bridgehead atoms. The average molecular weight is 435 g/mol. The van der Waals surface area contributed by atoms with Crippen LogP contribution in [0.4, 0.5) is 5.69 Å². The number of nitrogens with zero attached hydrogens (tertiary/aromatic N) is 1. The van der Waals surface area contributed by atoms with E-state index in [0.29, 0.717) is 17.9 Å². The van der Waals surface area contributed by atoms with Crippen molar-refractivity contribution in [3.63, 3.8) is 0 Å². The molecule has 6 heteroatoms. The van der Waals surface area contributed by atoms with E-state index in [9.17, 15) is 14.9 Å². The number of rotatable bonds is 12. The van der Waals surface area contributed by atoms with Gasteiger partial charge in [-0.3, -0.25) is 4.79 Å². The molecule has 0 aliphatic heterocycles. The van der Waals surface area contributed by atoms with E-state index in [1.807, 2.05) is 30.3 Å². The van der Waals surface area contributed by atoms with Crippen molar-refractivity contribution < 1.29 is 19.1 Å². The summed E-state index contributed by atoms with van der Waals surface area (Å²) in [6, 6.07) is 15.5. The first-order valence-electron chi connectivity index (χ1n) is 10.9. The highest BCUT2D eigenvalue weighted by atomic mass is 16.5. The zero-order chi connectivity index (χ0) is 23.2. The van der Waals surface area contributed by atoms with E-state index < -0.39 is 11.9 Å². The number of nitriles is 1. The van der Waals surface area contributed by atoms with E-state index in [0.717, 1.165) is 17.7 Å². The highest BCUT2D eigenvalue weighted by Crippen LogP contribution is 2.17. The molecule has 1 amide bonds. The Hall–Kier alpha value is -3.59. The molecule has 0 fully saturated rings. The molecule has 0 aliphatic rings. The van der Waals surface area contributed by atoms with Crippen molar-refractivity contribution >= 4 is 23.6 Å². The molecule has 0 radical (unpaired) electrons. The number of esters is 1. The van der Waals surface area contributed by atoms with Gasteiger partial charge in [-0.1, -0.05) is 51.2 Å². The molecule has 2 aromatic carbocycles. The predicted molar refractivity (Wildman–Crippen MR) is 125 cm³/mol. The zero-order valence-corrected chi connectivity index (χ0v) is 18.7. The summed E-state index contributed by atoms with van der Waals surface area (Å²) >= 11 is 0. The fraction of sp³-hybridized carbons (Fsp3) is 0.346. The maximum atomic E-state index is 12.4. The molecule has 168 valence electrons. The normalized spacial score (nSPS) is 10.8. The standard InChI is InChI=1S/C26H30N2O4/c1-3-4-5-6-7-8-17-32-24-15-9-20(10-16-24)18-22(19-27)25(29)28-23-13-11-21(12-14-23)26(30)31-2/h9-16,18H,3-8,17H2,1-2H3,(H,28,29). The highest BCUT2D eigenvalue weighted by molar-refractivity contribution is 6.09. The Labute approximate surface area is 189 Å². The Bertz CT molecular complexity index is 941. The van der Waals surface area contributed by atoms with Crippen LogP contribution in [0.5, 0.6) is 5.75 Å². The van der Waals surface area contributed by atoms with Crippen LogP contribution in [0.2, 0.25) is 0 Å². The van der Waals surface area contributed by atoms with Crippen LogP contribution >= 0.6 is 0 Å². The third kappa shape index (κ3) is 8.27. The molecule has 0 heterocycles. The van der Waals surface area contributed by atoms with Crippen LogP contribution in [0.25, 0.3) is 6.08 Å². The summed E-state index contributed by atoms with van der Waals surface area (Å²) in [6.45, 7) is 2.89. The molecule has 1 N–H and O–H groups in total. The largest absolute Gasteiger partial charge is 0.494 e. The van der Waals surface area contributed by atoms with Crippen molar-refractivity contribution in [1.29, 1.82) is 5.26 Å². The van der Waals surface area contributed by atoms with Crippen molar-refractivity contribution in [3.8, 4) is 11.8 Å². The van der Waals surface area contributed by atoms with E-state index in [1.54, 1.807) is 24.3 Å². The van der Waals surface area contributed by atoms with Gasteiger partial charge >= 0.3 is 5.97 Å². The fourth-order valence-electron chi connectivity index (χ4n) is 3.05. The lowest BCUT2D eigenvalue weighted by molar-refractivity contribution is -0.112. The van der Waals surface area contributed by atoms with Crippen LogP contribution < -0.4 is 10.1 Å². The second-order valence-electron chi connectivity index (χ2n) is 7.38. The zero-order valence-electron chi connectivity index (χ0n) is 18.7. The third-order valence-electron chi connectivity index (χ3n) is 4.89. The molecule has 0 spiro atoms. The predicted octanol–water partition coefficient (Wildman–Crippen LogP) is 5.76. The van der Waals surface area contributed by atoms with Crippen molar-refractivity contribution in [2.24, 2.45) is 0 Å². The summed E-state index contributed by atoms with van der Waals surface area (Å²) in [5.41, 5.74) is 1.55. The number of unbranched alkanes of at least 4 members (excludes halogenated alkanes) is 5. The lowest BCUT2D eigenvalue weighted by Gasteiger charge is -2.07. The first-order chi connectivity index (χ1) is 15.6. The molecule has 2 rings (SSSR count). The number of amides is 1. The molecule has 0 saturated carbocycles. The number of carbonyl (C=O) groups excluding carboxylic acids is 2. The van der Waals surface area contributed by atoms with Gasteiger partial charge in [0.1, 0.15) is 17.4 Å². The quantitative estimate of drug-likeness (QED) is 0.199. The van der Waals surface area contributed by atoms with E-state index >= 15 is 0 Å². The van der Waals surface area contributed by atoms with Gasteiger partial charge in [-0.15, -0.1) is 0 Å². The summed E-state index contributed by atoms with van der Waals surface area (Å²) < 4.78 is 10.4. The maximum Gasteiger partial charge on any atom is 0.337 e. The lowest BCUT2D eigenvalue weighted by atomic mass is 10.1. The Morgan fingerprint density at radius 3 is 2.25 bits per heavy atom. The topological polar surface area (TPSA) is 88.4 Å². The third-order valence-corrected chi connectivity index (χ3v) is 4.89. The van der Waals surface area contributed by atoms with Gasteiger partial charge in [-0.05, 0) is 54.5 Å². The van der Waals surface area contributed by atoms with Crippen LogP contribution in [-0.2, 0) is 9.53 Å². The second-order valence-corrected chi connectivity index (χ2v) is 7.38. The van der Waals surface area contributed by atoms with Gasteiger partial charge in [0.05, 0.1) is 19.3 Å². The molecule has 0 aromatic heterocycles. The number of hydrogen-bond donors (Lipinski definition) is 1. The number of methoxy groups -OCH3 is 1. The summed E-state index contributed by atoms with van der Waals surface area (Å²) in [4.78, 5) is 23.9. The monoisotopic (exact) mass is 434 g/mol. The summed E-state index contributed by atoms with van der Waals surface area (Å²) in [7, 11) is 1.30. The fourth-order valence-corrected chi connectivity index (χ4v) is 3.05. The minimum atomic E-state index is -0.526. The first kappa shape index (κ1) is 24.7. The molecule has 0 aliphatic carbocycles. The Kier molecular flexibility index (Phi) is 10.5. The van der Waals surface area contributed by atoms with Crippen LogP contribution in [0.1, 0.15) is 61.4 Å². The Balaban J connectivity index is 1.88. The number of carbonyl (C=O) groups is 2. The van der Waals surface area contributed by atoms with Crippen LogP contribution in [0.3, 0.4) is 0 Å². The molecular weight excluding hydrogens is 404 g/mol. The molecule has 0 atom stereocenters.